The summed E-state index contributed by atoms with van der Waals surface area (Å²) in [6, 6.07) is 20.9. The molecular weight excluding hydrogens is 454 g/mol. The van der Waals surface area contributed by atoms with Crippen LogP contribution in [0.2, 0.25) is 0 Å². The second-order valence-electron chi connectivity index (χ2n) is 8.08. The molecule has 0 aliphatic heterocycles. The van der Waals surface area contributed by atoms with Crippen LogP contribution in [-0.4, -0.2) is 29.1 Å². The fourth-order valence-electron chi connectivity index (χ4n) is 3.53. The number of benzene rings is 3. The maximum absolute atomic E-state index is 12.6. The number of ether oxygens (including phenoxy) is 3. The number of hydrogen-bond donors (Lipinski definition) is 1. The largest absolute Gasteiger partial charge is 0.490 e. The maximum atomic E-state index is 12.6. The van der Waals surface area contributed by atoms with Gasteiger partial charge in [-0.05, 0) is 68.3 Å². The van der Waals surface area contributed by atoms with Gasteiger partial charge in [-0.2, -0.15) is 0 Å². The minimum Gasteiger partial charge on any atom is -0.490 e. The SMILES string of the molecule is CCOc1ccc(CNC(=O)c2ccc(Oc3ncc(-c4ccc(C)cc4)cn3)cc2)cc1OCC. The van der Waals surface area contributed by atoms with Gasteiger partial charge in [0.05, 0.1) is 13.2 Å². The van der Waals surface area contributed by atoms with E-state index in [0.29, 0.717) is 42.6 Å². The molecule has 7 heteroatoms. The highest BCUT2D eigenvalue weighted by Crippen LogP contribution is 2.28. The molecule has 0 aliphatic carbocycles. The van der Waals surface area contributed by atoms with Crippen molar-refractivity contribution in [3.8, 4) is 34.4 Å². The number of amides is 1. The van der Waals surface area contributed by atoms with Crippen molar-refractivity contribution in [3.05, 3.63) is 95.8 Å². The number of nitrogens with one attached hydrogen (secondary N) is 1. The van der Waals surface area contributed by atoms with Crippen molar-refractivity contribution in [1.29, 1.82) is 0 Å². The Labute approximate surface area is 211 Å². The number of rotatable bonds is 10. The van der Waals surface area contributed by atoms with Crippen LogP contribution in [0.5, 0.6) is 23.3 Å². The van der Waals surface area contributed by atoms with Gasteiger partial charge in [0, 0.05) is 30.1 Å². The molecule has 36 heavy (non-hydrogen) atoms. The van der Waals surface area contributed by atoms with Crippen LogP contribution in [0, 0.1) is 6.92 Å². The topological polar surface area (TPSA) is 82.6 Å². The van der Waals surface area contributed by atoms with Gasteiger partial charge in [0.15, 0.2) is 11.5 Å². The van der Waals surface area contributed by atoms with Gasteiger partial charge in [-0.25, -0.2) is 9.97 Å². The molecular formula is C29H29N3O4. The normalized spacial score (nSPS) is 10.5. The Hall–Kier alpha value is -4.39. The molecule has 0 fully saturated rings. The molecule has 4 aromatic rings. The summed E-state index contributed by atoms with van der Waals surface area (Å²) in [6.07, 6.45) is 3.46. The van der Waals surface area contributed by atoms with Crippen LogP contribution in [0.25, 0.3) is 11.1 Å². The maximum Gasteiger partial charge on any atom is 0.321 e. The number of aromatic nitrogens is 2. The first-order chi connectivity index (χ1) is 17.6. The smallest absolute Gasteiger partial charge is 0.321 e. The lowest BCUT2D eigenvalue weighted by molar-refractivity contribution is 0.0951. The minimum atomic E-state index is -0.188. The Morgan fingerprint density at radius 2 is 1.47 bits per heavy atom. The molecule has 0 aliphatic rings. The highest BCUT2D eigenvalue weighted by Gasteiger charge is 2.10. The fourth-order valence-corrected chi connectivity index (χ4v) is 3.53. The van der Waals surface area contributed by atoms with E-state index in [4.69, 9.17) is 14.2 Å². The molecule has 1 aromatic heterocycles. The monoisotopic (exact) mass is 483 g/mol. The molecule has 184 valence electrons. The Balaban J connectivity index is 1.34. The number of aryl methyl sites for hydroxylation is 1. The summed E-state index contributed by atoms with van der Waals surface area (Å²) in [5.41, 5.74) is 4.59. The van der Waals surface area contributed by atoms with Gasteiger partial charge < -0.3 is 19.5 Å². The molecule has 4 rings (SSSR count). The van der Waals surface area contributed by atoms with Crippen LogP contribution in [0.3, 0.4) is 0 Å². The molecule has 1 heterocycles. The molecule has 0 saturated carbocycles. The molecule has 0 bridgehead atoms. The number of nitrogens with zero attached hydrogens (tertiary/aromatic N) is 2. The van der Waals surface area contributed by atoms with E-state index in [0.717, 1.165) is 16.7 Å². The number of hydrogen-bond acceptors (Lipinski definition) is 6. The highest BCUT2D eigenvalue weighted by molar-refractivity contribution is 5.94. The zero-order valence-corrected chi connectivity index (χ0v) is 20.7. The molecule has 1 N–H and O–H groups in total. The molecule has 1 amide bonds. The van der Waals surface area contributed by atoms with Crippen LogP contribution in [-0.2, 0) is 6.54 Å². The van der Waals surface area contributed by atoms with Crippen molar-refractivity contribution in [3.63, 3.8) is 0 Å². The van der Waals surface area contributed by atoms with Crippen molar-refractivity contribution in [1.82, 2.24) is 15.3 Å². The second-order valence-corrected chi connectivity index (χ2v) is 8.08. The molecule has 3 aromatic carbocycles. The van der Waals surface area contributed by atoms with E-state index >= 15 is 0 Å². The van der Waals surface area contributed by atoms with Gasteiger partial charge in [-0.15, -0.1) is 0 Å². The fraction of sp³-hybridized carbons (Fsp3) is 0.207. The van der Waals surface area contributed by atoms with Gasteiger partial charge in [0.1, 0.15) is 5.75 Å². The van der Waals surface area contributed by atoms with Crippen LogP contribution in [0.4, 0.5) is 0 Å². The van der Waals surface area contributed by atoms with E-state index in [1.807, 2.05) is 63.2 Å². The average molecular weight is 484 g/mol. The molecule has 7 nitrogen and oxygen atoms in total. The summed E-state index contributed by atoms with van der Waals surface area (Å²) in [4.78, 5) is 21.2. The Kier molecular flexibility index (Phi) is 8.13. The Bertz CT molecular complexity index is 1290. The standard InChI is InChI=1S/C29H29N3O4/c1-4-34-26-15-8-21(16-27(26)35-5-2)17-30-28(33)23-11-13-25(14-12-23)36-29-31-18-24(19-32-29)22-9-6-20(3)7-10-22/h6-16,18-19H,4-5,17H2,1-3H3,(H,30,33). The van der Waals surface area contributed by atoms with Gasteiger partial charge in [0.2, 0.25) is 0 Å². The average Bonchev–Trinajstić information content (AvgIpc) is 2.90. The summed E-state index contributed by atoms with van der Waals surface area (Å²) in [6.45, 7) is 7.35. The molecule has 0 unspecified atom stereocenters. The molecule has 0 saturated heterocycles. The third-order valence-electron chi connectivity index (χ3n) is 5.40. The third kappa shape index (κ3) is 6.39. The first-order valence-corrected chi connectivity index (χ1v) is 11.9. The van der Waals surface area contributed by atoms with Crippen LogP contribution >= 0.6 is 0 Å². The van der Waals surface area contributed by atoms with Crippen LogP contribution in [0.1, 0.15) is 35.3 Å². The predicted octanol–water partition coefficient (Wildman–Crippen LogP) is 5.97. The molecule has 0 atom stereocenters. The first kappa shape index (κ1) is 24.7. The van der Waals surface area contributed by atoms with E-state index in [9.17, 15) is 4.79 Å². The van der Waals surface area contributed by atoms with Gasteiger partial charge in [0.25, 0.3) is 5.91 Å². The highest BCUT2D eigenvalue weighted by atomic mass is 16.5. The quantitative estimate of drug-likeness (QED) is 0.299. The number of carbonyl (C=O) groups excluding carboxylic acids is 1. The Morgan fingerprint density at radius 3 is 2.14 bits per heavy atom. The van der Waals surface area contributed by atoms with Crippen molar-refractivity contribution in [2.24, 2.45) is 0 Å². The van der Waals surface area contributed by atoms with Gasteiger partial charge in [-0.3, -0.25) is 4.79 Å². The molecule has 0 radical (unpaired) electrons. The first-order valence-electron chi connectivity index (χ1n) is 11.9. The van der Waals surface area contributed by atoms with Crippen molar-refractivity contribution in [2.45, 2.75) is 27.3 Å². The zero-order chi connectivity index (χ0) is 25.3. The summed E-state index contributed by atoms with van der Waals surface area (Å²) >= 11 is 0. The zero-order valence-electron chi connectivity index (χ0n) is 20.7. The lowest BCUT2D eigenvalue weighted by Crippen LogP contribution is -2.22. The van der Waals surface area contributed by atoms with Gasteiger partial charge >= 0.3 is 6.01 Å². The van der Waals surface area contributed by atoms with Crippen molar-refractivity contribution in [2.75, 3.05) is 13.2 Å². The lowest BCUT2D eigenvalue weighted by atomic mass is 10.1. The van der Waals surface area contributed by atoms with E-state index < -0.39 is 0 Å². The van der Waals surface area contributed by atoms with Gasteiger partial charge in [-0.1, -0.05) is 35.9 Å². The summed E-state index contributed by atoms with van der Waals surface area (Å²) in [7, 11) is 0. The summed E-state index contributed by atoms with van der Waals surface area (Å²) < 4.78 is 17.0. The Morgan fingerprint density at radius 1 is 0.806 bits per heavy atom. The summed E-state index contributed by atoms with van der Waals surface area (Å²) in [5, 5.41) is 2.93. The van der Waals surface area contributed by atoms with Crippen molar-refractivity contribution < 1.29 is 19.0 Å². The van der Waals surface area contributed by atoms with Crippen LogP contribution in [0.15, 0.2) is 79.1 Å². The van der Waals surface area contributed by atoms with E-state index in [-0.39, 0.29) is 11.9 Å². The predicted molar refractivity (Wildman–Crippen MR) is 139 cm³/mol. The molecule has 0 spiro atoms. The lowest BCUT2D eigenvalue weighted by Gasteiger charge is -2.13. The third-order valence-corrected chi connectivity index (χ3v) is 5.40. The summed E-state index contributed by atoms with van der Waals surface area (Å²) in [5.74, 6) is 1.72. The second kappa shape index (κ2) is 11.8. The van der Waals surface area contributed by atoms with Crippen LogP contribution < -0.4 is 19.5 Å². The van der Waals surface area contributed by atoms with E-state index in [1.165, 1.54) is 5.56 Å². The number of carbonyl (C=O) groups is 1. The van der Waals surface area contributed by atoms with Crippen molar-refractivity contribution >= 4 is 5.91 Å². The van der Waals surface area contributed by atoms with E-state index in [1.54, 1.807) is 36.7 Å². The van der Waals surface area contributed by atoms with E-state index in [2.05, 4.69) is 15.3 Å². The minimum absolute atomic E-state index is 0.188.